The summed E-state index contributed by atoms with van der Waals surface area (Å²) in [7, 11) is 0. The van der Waals surface area contributed by atoms with E-state index in [2.05, 4.69) is 20.3 Å². The SMILES string of the molecule is O=C(CCc1ncc(-c2ccccc2F)o1)Nc1ccc(-c2nc3ccccc3[nH]2)cc1. The maximum atomic E-state index is 13.9. The van der Waals surface area contributed by atoms with Crippen molar-refractivity contribution in [2.45, 2.75) is 12.8 Å². The molecule has 158 valence electrons. The van der Waals surface area contributed by atoms with Gasteiger partial charge in [0, 0.05) is 24.1 Å². The van der Waals surface area contributed by atoms with Crippen LogP contribution < -0.4 is 5.32 Å². The van der Waals surface area contributed by atoms with E-state index >= 15 is 0 Å². The fourth-order valence-corrected chi connectivity index (χ4v) is 3.46. The Labute approximate surface area is 183 Å². The van der Waals surface area contributed by atoms with Gasteiger partial charge < -0.3 is 14.7 Å². The topological polar surface area (TPSA) is 83.8 Å². The van der Waals surface area contributed by atoms with E-state index in [1.807, 2.05) is 48.5 Å². The molecule has 0 bridgehead atoms. The van der Waals surface area contributed by atoms with Gasteiger partial charge in [0.15, 0.2) is 11.7 Å². The number of anilines is 1. The van der Waals surface area contributed by atoms with Gasteiger partial charge in [0.1, 0.15) is 11.6 Å². The van der Waals surface area contributed by atoms with E-state index in [4.69, 9.17) is 4.42 Å². The number of aromatic amines is 1. The van der Waals surface area contributed by atoms with Crippen LogP contribution in [0.1, 0.15) is 12.3 Å². The number of hydrogen-bond acceptors (Lipinski definition) is 4. The molecule has 0 fully saturated rings. The van der Waals surface area contributed by atoms with E-state index in [0.717, 1.165) is 22.4 Å². The third kappa shape index (κ3) is 4.13. The van der Waals surface area contributed by atoms with Crippen molar-refractivity contribution in [1.29, 1.82) is 0 Å². The number of fused-ring (bicyclic) bond motifs is 1. The van der Waals surface area contributed by atoms with Crippen molar-refractivity contribution in [1.82, 2.24) is 15.0 Å². The van der Waals surface area contributed by atoms with E-state index < -0.39 is 0 Å². The number of halogens is 1. The number of hydrogen-bond donors (Lipinski definition) is 2. The summed E-state index contributed by atoms with van der Waals surface area (Å²) >= 11 is 0. The number of imidazole rings is 1. The Bertz CT molecular complexity index is 1360. The molecule has 5 rings (SSSR count). The van der Waals surface area contributed by atoms with E-state index in [0.29, 0.717) is 29.3 Å². The van der Waals surface area contributed by atoms with Crippen molar-refractivity contribution in [2.24, 2.45) is 0 Å². The van der Waals surface area contributed by atoms with Crippen LogP contribution in [0.3, 0.4) is 0 Å². The van der Waals surface area contributed by atoms with Crippen molar-refractivity contribution >= 4 is 22.6 Å². The van der Waals surface area contributed by atoms with Crippen LogP contribution in [0, 0.1) is 5.82 Å². The number of nitrogens with zero attached hydrogens (tertiary/aromatic N) is 2. The number of amides is 1. The predicted octanol–water partition coefficient (Wildman–Crippen LogP) is 5.60. The lowest BCUT2D eigenvalue weighted by Crippen LogP contribution is -2.12. The minimum atomic E-state index is -0.376. The highest BCUT2D eigenvalue weighted by Crippen LogP contribution is 2.24. The first kappa shape index (κ1) is 19.7. The summed E-state index contributed by atoms with van der Waals surface area (Å²) in [5.74, 6) is 0.975. The molecule has 2 aromatic heterocycles. The Morgan fingerprint density at radius 1 is 1.00 bits per heavy atom. The van der Waals surface area contributed by atoms with Crippen LogP contribution in [0.4, 0.5) is 10.1 Å². The molecule has 0 saturated heterocycles. The number of aryl methyl sites for hydroxylation is 1. The van der Waals surface area contributed by atoms with Gasteiger partial charge in [-0.15, -0.1) is 0 Å². The number of rotatable bonds is 6. The number of para-hydroxylation sites is 2. The molecule has 3 aromatic carbocycles. The molecule has 0 aliphatic heterocycles. The Balaban J connectivity index is 1.19. The minimum Gasteiger partial charge on any atom is -0.441 e. The highest BCUT2D eigenvalue weighted by molar-refractivity contribution is 5.91. The van der Waals surface area contributed by atoms with Gasteiger partial charge in [-0.1, -0.05) is 24.3 Å². The Hall–Kier alpha value is -4.26. The number of aromatic nitrogens is 3. The molecule has 7 heteroatoms. The van der Waals surface area contributed by atoms with Gasteiger partial charge in [-0.05, 0) is 48.5 Å². The van der Waals surface area contributed by atoms with Crippen LogP contribution >= 0.6 is 0 Å². The molecule has 2 heterocycles. The third-order valence-electron chi connectivity index (χ3n) is 5.09. The van der Waals surface area contributed by atoms with E-state index in [9.17, 15) is 9.18 Å². The van der Waals surface area contributed by atoms with Crippen LogP contribution in [-0.4, -0.2) is 20.9 Å². The summed E-state index contributed by atoms with van der Waals surface area (Å²) < 4.78 is 19.5. The minimum absolute atomic E-state index is 0.160. The number of carbonyl (C=O) groups excluding carboxylic acids is 1. The molecule has 0 atom stereocenters. The molecule has 1 amide bonds. The van der Waals surface area contributed by atoms with Gasteiger partial charge in [-0.2, -0.15) is 0 Å². The quantitative estimate of drug-likeness (QED) is 0.370. The fourth-order valence-electron chi connectivity index (χ4n) is 3.46. The summed E-state index contributed by atoms with van der Waals surface area (Å²) in [6, 6.07) is 21.7. The summed E-state index contributed by atoms with van der Waals surface area (Å²) in [4.78, 5) is 24.4. The number of oxazole rings is 1. The monoisotopic (exact) mass is 426 g/mol. The first-order valence-electron chi connectivity index (χ1n) is 10.2. The van der Waals surface area contributed by atoms with Crippen molar-refractivity contribution in [2.75, 3.05) is 5.32 Å². The van der Waals surface area contributed by atoms with Crippen LogP contribution in [0.5, 0.6) is 0 Å². The number of H-pyrrole nitrogens is 1. The van der Waals surface area contributed by atoms with Gasteiger partial charge in [0.05, 0.1) is 22.8 Å². The van der Waals surface area contributed by atoms with Crippen molar-refractivity contribution in [3.8, 4) is 22.7 Å². The molecule has 6 nitrogen and oxygen atoms in total. The summed E-state index contributed by atoms with van der Waals surface area (Å²) in [5, 5.41) is 2.87. The molecule has 2 N–H and O–H groups in total. The normalized spacial score (nSPS) is 11.0. The average Bonchev–Trinajstić information content (AvgIpc) is 3.46. The summed E-state index contributed by atoms with van der Waals surface area (Å²) in [6.45, 7) is 0. The van der Waals surface area contributed by atoms with E-state index in [-0.39, 0.29) is 18.1 Å². The summed E-state index contributed by atoms with van der Waals surface area (Å²) in [5.41, 5.74) is 3.85. The standard InChI is InChI=1S/C25H19FN4O2/c26-19-6-2-1-5-18(19)22-15-27-24(32-22)14-13-23(31)28-17-11-9-16(10-12-17)25-29-20-7-3-4-8-21(20)30-25/h1-12,15H,13-14H2,(H,28,31)(H,29,30). The van der Waals surface area contributed by atoms with Gasteiger partial charge in [-0.25, -0.2) is 14.4 Å². The van der Waals surface area contributed by atoms with E-state index in [1.165, 1.54) is 12.3 Å². The Morgan fingerprint density at radius 2 is 1.78 bits per heavy atom. The number of nitrogens with one attached hydrogen (secondary N) is 2. The molecule has 5 aromatic rings. The second kappa shape index (κ2) is 8.47. The first-order chi connectivity index (χ1) is 15.7. The summed E-state index contributed by atoms with van der Waals surface area (Å²) in [6.07, 6.45) is 1.99. The average molecular weight is 426 g/mol. The Morgan fingerprint density at radius 3 is 2.59 bits per heavy atom. The zero-order valence-electron chi connectivity index (χ0n) is 17.0. The Kier molecular flexibility index (Phi) is 5.21. The van der Waals surface area contributed by atoms with Crippen molar-refractivity contribution in [3.05, 3.63) is 90.7 Å². The molecular weight excluding hydrogens is 407 g/mol. The van der Waals surface area contributed by atoms with Crippen LogP contribution in [0.2, 0.25) is 0 Å². The molecule has 0 unspecified atom stereocenters. The maximum Gasteiger partial charge on any atom is 0.224 e. The molecule has 0 spiro atoms. The largest absolute Gasteiger partial charge is 0.441 e. The smallest absolute Gasteiger partial charge is 0.224 e. The van der Waals surface area contributed by atoms with Crippen LogP contribution in [0.15, 0.2) is 83.4 Å². The first-order valence-corrected chi connectivity index (χ1v) is 10.2. The van der Waals surface area contributed by atoms with E-state index in [1.54, 1.807) is 18.2 Å². The highest BCUT2D eigenvalue weighted by atomic mass is 19.1. The lowest BCUT2D eigenvalue weighted by molar-refractivity contribution is -0.116. The predicted molar refractivity (Wildman–Crippen MR) is 120 cm³/mol. The number of benzene rings is 3. The fraction of sp³-hybridized carbons (Fsp3) is 0.0800. The number of carbonyl (C=O) groups is 1. The maximum absolute atomic E-state index is 13.9. The highest BCUT2D eigenvalue weighted by Gasteiger charge is 2.12. The van der Waals surface area contributed by atoms with Crippen LogP contribution in [-0.2, 0) is 11.2 Å². The van der Waals surface area contributed by atoms with Gasteiger partial charge >= 0.3 is 0 Å². The second-order valence-electron chi connectivity index (χ2n) is 7.33. The van der Waals surface area contributed by atoms with Gasteiger partial charge in [0.2, 0.25) is 5.91 Å². The zero-order valence-corrected chi connectivity index (χ0v) is 17.0. The van der Waals surface area contributed by atoms with Gasteiger partial charge in [-0.3, -0.25) is 4.79 Å². The van der Waals surface area contributed by atoms with Crippen molar-refractivity contribution < 1.29 is 13.6 Å². The van der Waals surface area contributed by atoms with Gasteiger partial charge in [0.25, 0.3) is 0 Å². The molecule has 0 aliphatic rings. The second-order valence-corrected chi connectivity index (χ2v) is 7.33. The van der Waals surface area contributed by atoms with Crippen molar-refractivity contribution in [3.63, 3.8) is 0 Å². The lowest BCUT2D eigenvalue weighted by atomic mass is 10.2. The molecular formula is C25H19FN4O2. The zero-order chi connectivity index (χ0) is 21.9. The third-order valence-corrected chi connectivity index (χ3v) is 5.09. The molecule has 0 aliphatic carbocycles. The lowest BCUT2D eigenvalue weighted by Gasteiger charge is -2.05. The van der Waals surface area contributed by atoms with Crippen LogP contribution in [0.25, 0.3) is 33.7 Å². The molecule has 32 heavy (non-hydrogen) atoms. The molecule has 0 radical (unpaired) electrons. The molecule has 0 saturated carbocycles.